The van der Waals surface area contributed by atoms with Crippen molar-refractivity contribution < 1.29 is 17.9 Å². The highest BCUT2D eigenvalue weighted by Crippen LogP contribution is 2.07. The van der Waals surface area contributed by atoms with E-state index in [0.29, 0.717) is 0 Å². The Hall–Kier alpha value is -0.330. The van der Waals surface area contributed by atoms with Crippen LogP contribution >= 0.6 is 11.6 Å². The van der Waals surface area contributed by atoms with E-state index in [1.165, 1.54) is 7.05 Å². The third kappa shape index (κ3) is 5.67. The average molecular weight is 272 g/mol. The normalized spacial score (nSPS) is 13.8. The number of likely N-dealkylation sites (N-methyl/N-ethyl adjacent to an activating group) is 1. The molecule has 0 amide bonds. The van der Waals surface area contributed by atoms with E-state index in [4.69, 9.17) is 11.6 Å². The van der Waals surface area contributed by atoms with Gasteiger partial charge in [-0.15, -0.1) is 11.6 Å². The minimum Gasteiger partial charge on any atom is -0.465 e. The molecule has 1 atom stereocenters. The number of esters is 1. The maximum Gasteiger partial charge on any atom is 0.321 e. The number of nitrogens with zero attached hydrogens (tertiary/aromatic N) is 1. The van der Waals surface area contributed by atoms with Gasteiger partial charge in [0.1, 0.15) is 6.54 Å². The molecule has 0 spiro atoms. The summed E-state index contributed by atoms with van der Waals surface area (Å²) in [5.41, 5.74) is 0. The molecule has 0 aromatic heterocycles. The molecular formula is C9H18ClNO4S. The molecule has 0 saturated heterocycles. The van der Waals surface area contributed by atoms with Gasteiger partial charge < -0.3 is 4.74 Å². The van der Waals surface area contributed by atoms with Gasteiger partial charge in [-0.25, -0.2) is 8.42 Å². The maximum atomic E-state index is 11.7. The zero-order valence-corrected chi connectivity index (χ0v) is 11.3. The van der Waals surface area contributed by atoms with Crippen LogP contribution in [0.25, 0.3) is 0 Å². The number of halogens is 1. The monoisotopic (exact) mass is 271 g/mol. The van der Waals surface area contributed by atoms with Crippen LogP contribution in [-0.2, 0) is 19.6 Å². The van der Waals surface area contributed by atoms with Gasteiger partial charge in [0.25, 0.3) is 0 Å². The topological polar surface area (TPSA) is 63.7 Å². The SMILES string of the molecule is CCOC(=O)CN(C)S(=O)(=O)CC(C)CCl. The highest BCUT2D eigenvalue weighted by Gasteiger charge is 2.23. The molecule has 0 rings (SSSR count). The van der Waals surface area contributed by atoms with Crippen molar-refractivity contribution in [3.05, 3.63) is 0 Å². The van der Waals surface area contributed by atoms with Crippen molar-refractivity contribution in [2.24, 2.45) is 5.92 Å². The molecular weight excluding hydrogens is 254 g/mol. The highest BCUT2D eigenvalue weighted by atomic mass is 35.5. The fourth-order valence-corrected chi connectivity index (χ4v) is 2.65. The van der Waals surface area contributed by atoms with E-state index in [1.807, 2.05) is 0 Å². The molecule has 0 fully saturated rings. The van der Waals surface area contributed by atoms with Crippen molar-refractivity contribution >= 4 is 27.6 Å². The molecule has 16 heavy (non-hydrogen) atoms. The molecule has 0 aromatic rings. The standard InChI is InChI=1S/C9H18ClNO4S/c1-4-15-9(12)6-11(3)16(13,14)7-8(2)5-10/h8H,4-7H2,1-3H3. The van der Waals surface area contributed by atoms with Crippen LogP contribution in [0.5, 0.6) is 0 Å². The molecule has 5 nitrogen and oxygen atoms in total. The van der Waals surface area contributed by atoms with Gasteiger partial charge in [0, 0.05) is 12.9 Å². The van der Waals surface area contributed by atoms with Gasteiger partial charge in [-0.2, -0.15) is 4.31 Å². The number of rotatable bonds is 7. The number of hydrogen-bond donors (Lipinski definition) is 0. The second-order valence-corrected chi connectivity index (χ2v) is 6.03. The summed E-state index contributed by atoms with van der Waals surface area (Å²) in [6, 6.07) is 0. The lowest BCUT2D eigenvalue weighted by molar-refractivity contribution is -0.143. The van der Waals surface area contributed by atoms with Crippen molar-refractivity contribution in [2.45, 2.75) is 13.8 Å². The van der Waals surface area contributed by atoms with Gasteiger partial charge in [0.15, 0.2) is 0 Å². The number of carbonyl (C=O) groups is 1. The number of carbonyl (C=O) groups excluding carboxylic acids is 1. The Bertz CT molecular complexity index is 317. The molecule has 0 radical (unpaired) electrons. The number of ether oxygens (including phenoxy) is 1. The summed E-state index contributed by atoms with van der Waals surface area (Å²) in [6.07, 6.45) is 0. The number of hydrogen-bond acceptors (Lipinski definition) is 4. The smallest absolute Gasteiger partial charge is 0.321 e. The van der Waals surface area contributed by atoms with Crippen LogP contribution in [-0.4, -0.2) is 50.5 Å². The molecule has 7 heteroatoms. The van der Waals surface area contributed by atoms with Crippen molar-refractivity contribution in [1.82, 2.24) is 4.31 Å². The summed E-state index contributed by atoms with van der Waals surface area (Å²) >= 11 is 5.54. The van der Waals surface area contributed by atoms with Crippen molar-refractivity contribution in [3.63, 3.8) is 0 Å². The lowest BCUT2D eigenvalue weighted by atomic mass is 10.3. The van der Waals surface area contributed by atoms with Crippen LogP contribution in [0.1, 0.15) is 13.8 Å². The summed E-state index contributed by atoms with van der Waals surface area (Å²) in [4.78, 5) is 11.1. The van der Waals surface area contributed by atoms with Crippen LogP contribution in [0.2, 0.25) is 0 Å². The van der Waals surface area contributed by atoms with E-state index in [1.54, 1.807) is 13.8 Å². The number of sulfonamides is 1. The first-order chi connectivity index (χ1) is 7.33. The van der Waals surface area contributed by atoms with Gasteiger partial charge in [-0.3, -0.25) is 4.79 Å². The Morgan fingerprint density at radius 2 is 2.06 bits per heavy atom. The molecule has 0 aliphatic carbocycles. The zero-order chi connectivity index (χ0) is 12.8. The third-order valence-electron chi connectivity index (χ3n) is 1.89. The Labute approximate surface area is 102 Å². The van der Waals surface area contributed by atoms with Crippen LogP contribution in [0.3, 0.4) is 0 Å². The van der Waals surface area contributed by atoms with E-state index in [-0.39, 0.29) is 30.7 Å². The summed E-state index contributed by atoms with van der Waals surface area (Å²) in [5.74, 6) is -0.484. The molecule has 1 unspecified atom stereocenters. The summed E-state index contributed by atoms with van der Waals surface area (Å²) in [7, 11) is -2.08. The average Bonchev–Trinajstić information content (AvgIpc) is 2.17. The molecule has 0 saturated carbocycles. The minimum atomic E-state index is -3.44. The molecule has 0 aliphatic rings. The Balaban J connectivity index is 4.35. The van der Waals surface area contributed by atoms with E-state index < -0.39 is 16.0 Å². The lowest BCUT2D eigenvalue weighted by Gasteiger charge is -2.17. The largest absolute Gasteiger partial charge is 0.465 e. The van der Waals surface area contributed by atoms with Gasteiger partial charge >= 0.3 is 5.97 Å². The van der Waals surface area contributed by atoms with Gasteiger partial charge in [-0.05, 0) is 12.8 Å². The first-order valence-corrected chi connectivity index (χ1v) is 7.13. The molecule has 96 valence electrons. The van der Waals surface area contributed by atoms with Crippen LogP contribution < -0.4 is 0 Å². The van der Waals surface area contributed by atoms with Crippen molar-refractivity contribution in [2.75, 3.05) is 31.8 Å². The predicted octanol–water partition coefficient (Wildman–Crippen LogP) is 0.686. The van der Waals surface area contributed by atoms with Crippen molar-refractivity contribution in [3.8, 4) is 0 Å². The van der Waals surface area contributed by atoms with E-state index in [2.05, 4.69) is 4.74 Å². The number of alkyl halides is 1. The van der Waals surface area contributed by atoms with Crippen LogP contribution in [0.4, 0.5) is 0 Å². The van der Waals surface area contributed by atoms with Crippen LogP contribution in [0.15, 0.2) is 0 Å². The summed E-state index contributed by atoms with van der Waals surface area (Å²) in [6.45, 7) is 3.39. The van der Waals surface area contributed by atoms with Crippen molar-refractivity contribution in [1.29, 1.82) is 0 Å². The Morgan fingerprint density at radius 3 is 2.50 bits per heavy atom. The summed E-state index contributed by atoms with van der Waals surface area (Å²) in [5, 5.41) is 0. The van der Waals surface area contributed by atoms with E-state index in [0.717, 1.165) is 4.31 Å². The van der Waals surface area contributed by atoms with Gasteiger partial charge in [-0.1, -0.05) is 6.92 Å². The molecule has 0 N–H and O–H groups in total. The quantitative estimate of drug-likeness (QED) is 0.505. The van der Waals surface area contributed by atoms with E-state index in [9.17, 15) is 13.2 Å². The Morgan fingerprint density at radius 1 is 1.50 bits per heavy atom. The summed E-state index contributed by atoms with van der Waals surface area (Å²) < 4.78 is 29.1. The minimum absolute atomic E-state index is 0.0631. The van der Waals surface area contributed by atoms with E-state index >= 15 is 0 Å². The van der Waals surface area contributed by atoms with Gasteiger partial charge in [0.05, 0.1) is 12.4 Å². The van der Waals surface area contributed by atoms with Crippen LogP contribution in [0, 0.1) is 5.92 Å². The second kappa shape index (κ2) is 7.09. The molecule has 0 bridgehead atoms. The zero-order valence-electron chi connectivity index (χ0n) is 9.77. The van der Waals surface area contributed by atoms with Gasteiger partial charge in [0.2, 0.25) is 10.0 Å². The fourth-order valence-electron chi connectivity index (χ4n) is 1.02. The second-order valence-electron chi connectivity index (χ2n) is 3.60. The fraction of sp³-hybridized carbons (Fsp3) is 0.889. The maximum absolute atomic E-state index is 11.7. The molecule has 0 aromatic carbocycles. The molecule has 0 heterocycles. The lowest BCUT2D eigenvalue weighted by Crippen LogP contribution is -2.36. The molecule has 0 aliphatic heterocycles. The first-order valence-electron chi connectivity index (χ1n) is 4.99. The highest BCUT2D eigenvalue weighted by molar-refractivity contribution is 7.89. The first kappa shape index (κ1) is 15.7. The predicted molar refractivity (Wildman–Crippen MR) is 62.9 cm³/mol. The Kier molecular flexibility index (Phi) is 6.94. The third-order valence-corrected chi connectivity index (χ3v) is 4.49.